The number of benzene rings is 2. The third kappa shape index (κ3) is 3.95. The maximum Gasteiger partial charge on any atom is 0.339 e. The van der Waals surface area contributed by atoms with Gasteiger partial charge in [-0.15, -0.1) is 11.8 Å². The summed E-state index contributed by atoms with van der Waals surface area (Å²) in [6.45, 7) is 0. The normalized spacial score (nSPS) is 16.1. The van der Waals surface area contributed by atoms with Gasteiger partial charge in [-0.3, -0.25) is 9.59 Å². The van der Waals surface area contributed by atoms with Crippen LogP contribution in [0, 0.1) is 0 Å². The zero-order valence-corrected chi connectivity index (χ0v) is 16.5. The van der Waals surface area contributed by atoms with Crippen molar-refractivity contribution >= 4 is 46.9 Å². The van der Waals surface area contributed by atoms with Gasteiger partial charge in [-0.25, -0.2) is 14.5 Å². The van der Waals surface area contributed by atoms with E-state index >= 15 is 0 Å². The number of carbonyl (C=O) groups is 4. The Kier molecular flexibility index (Phi) is 5.88. The molecule has 1 saturated heterocycles. The van der Waals surface area contributed by atoms with Crippen molar-refractivity contribution in [2.45, 2.75) is 16.6 Å². The van der Waals surface area contributed by atoms with E-state index in [4.69, 9.17) is 10.5 Å². The molecule has 3 rings (SSSR count). The molecule has 1 heterocycles. The average molecular weight is 414 g/mol. The lowest BCUT2D eigenvalue weighted by molar-refractivity contribution is -0.121. The summed E-state index contributed by atoms with van der Waals surface area (Å²) in [7, 11) is 2.39. The molecule has 0 radical (unpaired) electrons. The number of methoxy groups -OCH3 is 2. The van der Waals surface area contributed by atoms with E-state index in [9.17, 15) is 19.2 Å². The molecule has 150 valence electrons. The molecule has 0 unspecified atom stereocenters. The first-order chi connectivity index (χ1) is 13.9. The van der Waals surface area contributed by atoms with E-state index in [1.54, 1.807) is 24.3 Å². The van der Waals surface area contributed by atoms with E-state index in [-0.39, 0.29) is 23.2 Å². The van der Waals surface area contributed by atoms with Gasteiger partial charge in [0.15, 0.2) is 0 Å². The second kappa shape index (κ2) is 8.36. The summed E-state index contributed by atoms with van der Waals surface area (Å²) in [5.41, 5.74) is 6.50. The van der Waals surface area contributed by atoms with Crippen LogP contribution in [0.15, 0.2) is 47.4 Å². The Balaban J connectivity index is 1.99. The Labute approximate surface area is 170 Å². The van der Waals surface area contributed by atoms with Crippen LogP contribution in [0.3, 0.4) is 0 Å². The van der Waals surface area contributed by atoms with Gasteiger partial charge in [0.2, 0.25) is 11.8 Å². The third-order valence-electron chi connectivity index (χ3n) is 4.36. The van der Waals surface area contributed by atoms with Crippen LogP contribution < -0.4 is 10.6 Å². The van der Waals surface area contributed by atoms with Gasteiger partial charge in [-0.2, -0.15) is 0 Å². The van der Waals surface area contributed by atoms with E-state index in [0.29, 0.717) is 10.6 Å². The minimum absolute atomic E-state index is 0.00766. The summed E-state index contributed by atoms with van der Waals surface area (Å²) in [5, 5.41) is -0.709. The molecule has 0 spiro atoms. The quantitative estimate of drug-likeness (QED) is 0.450. The number of nitrogens with zero attached hydrogens (tertiary/aromatic N) is 1. The minimum atomic E-state index is -0.736. The summed E-state index contributed by atoms with van der Waals surface area (Å²) in [4.78, 5) is 51.3. The molecule has 2 N–H and O–H groups in total. The molecular weight excluding hydrogens is 396 g/mol. The maximum absolute atomic E-state index is 13.0. The van der Waals surface area contributed by atoms with Crippen LogP contribution in [0.4, 0.5) is 11.4 Å². The van der Waals surface area contributed by atoms with Gasteiger partial charge in [-0.1, -0.05) is 12.1 Å². The Morgan fingerprint density at radius 3 is 2.41 bits per heavy atom. The highest BCUT2D eigenvalue weighted by molar-refractivity contribution is 8.00. The monoisotopic (exact) mass is 414 g/mol. The van der Waals surface area contributed by atoms with Gasteiger partial charge in [0.1, 0.15) is 0 Å². The number of anilines is 2. The van der Waals surface area contributed by atoms with Crippen molar-refractivity contribution < 1.29 is 28.7 Å². The van der Waals surface area contributed by atoms with Crippen molar-refractivity contribution in [1.82, 2.24) is 0 Å². The summed E-state index contributed by atoms with van der Waals surface area (Å²) in [6, 6.07) is 11.0. The number of esters is 2. The number of amides is 2. The maximum atomic E-state index is 13.0. The lowest BCUT2D eigenvalue weighted by Gasteiger charge is -2.19. The fourth-order valence-corrected chi connectivity index (χ4v) is 4.03. The van der Waals surface area contributed by atoms with Crippen LogP contribution in [0.1, 0.15) is 27.1 Å². The van der Waals surface area contributed by atoms with Crippen LogP contribution in [0.25, 0.3) is 0 Å². The number of hydrogen-bond donors (Lipinski definition) is 1. The Morgan fingerprint density at radius 1 is 1.07 bits per heavy atom. The predicted octanol–water partition coefficient (Wildman–Crippen LogP) is 2.27. The van der Waals surface area contributed by atoms with Gasteiger partial charge in [0, 0.05) is 17.0 Å². The van der Waals surface area contributed by atoms with Crippen LogP contribution in [0.2, 0.25) is 0 Å². The van der Waals surface area contributed by atoms with E-state index < -0.39 is 29.0 Å². The van der Waals surface area contributed by atoms with Gasteiger partial charge < -0.3 is 15.2 Å². The first kappa shape index (κ1) is 20.4. The molecule has 2 aromatic carbocycles. The molecule has 2 aromatic rings. The SMILES string of the molecule is COC(=O)c1ccc(C(=O)OC)c(N2C(=O)C[C@@H](Sc3ccccc3N)C2=O)c1. The van der Waals surface area contributed by atoms with Crippen LogP contribution in [-0.2, 0) is 19.1 Å². The molecule has 8 nitrogen and oxygen atoms in total. The van der Waals surface area contributed by atoms with E-state index in [0.717, 1.165) is 4.90 Å². The summed E-state index contributed by atoms with van der Waals surface area (Å²) in [6.07, 6.45) is -0.0686. The molecule has 9 heteroatoms. The Morgan fingerprint density at radius 2 is 1.76 bits per heavy atom. The smallest absolute Gasteiger partial charge is 0.339 e. The third-order valence-corrected chi connectivity index (χ3v) is 5.64. The molecule has 29 heavy (non-hydrogen) atoms. The first-order valence-corrected chi connectivity index (χ1v) is 9.44. The van der Waals surface area contributed by atoms with Crippen molar-refractivity contribution in [1.29, 1.82) is 0 Å². The summed E-state index contributed by atoms with van der Waals surface area (Å²) in [5.74, 6) is -2.39. The largest absolute Gasteiger partial charge is 0.465 e. The van der Waals surface area contributed by atoms with Gasteiger partial charge in [-0.05, 0) is 30.3 Å². The van der Waals surface area contributed by atoms with Crippen molar-refractivity contribution in [3.63, 3.8) is 0 Å². The number of hydrogen-bond acceptors (Lipinski definition) is 8. The molecule has 1 fully saturated rings. The number of nitrogen functional groups attached to an aromatic ring is 1. The highest BCUT2D eigenvalue weighted by Gasteiger charge is 2.42. The molecule has 1 aliphatic heterocycles. The highest BCUT2D eigenvalue weighted by Crippen LogP contribution is 2.37. The number of thioether (sulfide) groups is 1. The summed E-state index contributed by atoms with van der Waals surface area (Å²) < 4.78 is 9.43. The van der Waals surface area contributed by atoms with Crippen molar-refractivity contribution in [3.8, 4) is 0 Å². The molecule has 0 aromatic heterocycles. The second-order valence-corrected chi connectivity index (χ2v) is 7.38. The van der Waals surface area contributed by atoms with Crippen molar-refractivity contribution in [2.75, 3.05) is 24.9 Å². The number of para-hydroxylation sites is 1. The van der Waals surface area contributed by atoms with Gasteiger partial charge in [0.05, 0.1) is 36.3 Å². The predicted molar refractivity (Wildman–Crippen MR) is 107 cm³/mol. The standard InChI is InChI=1S/C20H18N2O6S/c1-27-19(25)11-7-8-12(20(26)28-2)14(9-11)22-17(23)10-16(18(22)24)29-15-6-4-3-5-13(15)21/h3-9,16H,10,21H2,1-2H3/t16-/m1/s1. The minimum Gasteiger partial charge on any atom is -0.465 e. The zero-order chi connectivity index (χ0) is 21.1. The van der Waals surface area contributed by atoms with Crippen LogP contribution >= 0.6 is 11.8 Å². The van der Waals surface area contributed by atoms with E-state index in [2.05, 4.69) is 4.74 Å². The molecule has 1 aliphatic rings. The average Bonchev–Trinajstić information content (AvgIpc) is 3.00. The number of imide groups is 1. The first-order valence-electron chi connectivity index (χ1n) is 8.56. The highest BCUT2D eigenvalue weighted by atomic mass is 32.2. The number of ether oxygens (including phenoxy) is 2. The fourth-order valence-electron chi connectivity index (χ4n) is 2.93. The molecular formula is C20H18N2O6S. The summed E-state index contributed by atoms with van der Waals surface area (Å²) >= 11 is 1.18. The zero-order valence-electron chi connectivity index (χ0n) is 15.7. The van der Waals surface area contributed by atoms with Crippen LogP contribution in [0.5, 0.6) is 0 Å². The molecule has 0 aliphatic carbocycles. The van der Waals surface area contributed by atoms with Crippen molar-refractivity contribution in [3.05, 3.63) is 53.6 Å². The molecule has 2 amide bonds. The molecule has 1 atom stereocenters. The van der Waals surface area contributed by atoms with Crippen molar-refractivity contribution in [2.24, 2.45) is 0 Å². The molecule has 0 bridgehead atoms. The Bertz CT molecular complexity index is 1010. The number of carbonyl (C=O) groups excluding carboxylic acids is 4. The van der Waals surface area contributed by atoms with Crippen LogP contribution in [-0.4, -0.2) is 43.2 Å². The topological polar surface area (TPSA) is 116 Å². The second-order valence-electron chi connectivity index (χ2n) is 6.13. The van der Waals surface area contributed by atoms with Gasteiger partial charge in [0.25, 0.3) is 0 Å². The lowest BCUT2D eigenvalue weighted by atomic mass is 10.1. The Hall–Kier alpha value is -3.33. The van der Waals surface area contributed by atoms with E-state index in [1.807, 2.05) is 0 Å². The number of nitrogens with two attached hydrogens (primary N) is 1. The molecule has 0 saturated carbocycles. The fraction of sp³-hybridized carbons (Fsp3) is 0.200. The van der Waals surface area contributed by atoms with Gasteiger partial charge >= 0.3 is 11.9 Å². The van der Waals surface area contributed by atoms with E-state index in [1.165, 1.54) is 44.2 Å². The number of rotatable bonds is 5. The lowest BCUT2D eigenvalue weighted by Crippen LogP contribution is -2.33.